The maximum absolute atomic E-state index is 11.2. The molecule has 1 heterocycles. The molecule has 1 aromatic heterocycles. The first-order valence-corrected chi connectivity index (χ1v) is 5.99. The molecule has 0 radical (unpaired) electrons. The van der Waals surface area contributed by atoms with Crippen LogP contribution in [0.15, 0.2) is 36.9 Å². The molecule has 0 fully saturated rings. The van der Waals surface area contributed by atoms with Crippen LogP contribution in [0.3, 0.4) is 0 Å². The van der Waals surface area contributed by atoms with E-state index in [2.05, 4.69) is 22.1 Å². The molecule has 0 saturated carbocycles. The molecule has 1 atom stereocenters. The summed E-state index contributed by atoms with van der Waals surface area (Å²) in [4.78, 5) is 11.2. The zero-order valence-electron chi connectivity index (χ0n) is 10.6. The van der Waals surface area contributed by atoms with Gasteiger partial charge in [-0.15, -0.1) is 16.8 Å². The van der Waals surface area contributed by atoms with Crippen LogP contribution in [0.5, 0.6) is 0 Å². The molecule has 1 aromatic carbocycles. The summed E-state index contributed by atoms with van der Waals surface area (Å²) < 4.78 is 0. The van der Waals surface area contributed by atoms with Gasteiger partial charge in [-0.3, -0.25) is 0 Å². The van der Waals surface area contributed by atoms with E-state index in [4.69, 9.17) is 0 Å². The number of rotatable bonds is 5. The molecule has 19 heavy (non-hydrogen) atoms. The van der Waals surface area contributed by atoms with Crippen molar-refractivity contribution in [1.29, 1.82) is 0 Å². The number of aromatic nitrogens is 2. The van der Waals surface area contributed by atoms with Crippen molar-refractivity contribution in [2.75, 3.05) is 5.32 Å². The maximum atomic E-state index is 11.2. The monoisotopic (exact) mass is 257 g/mol. The Morgan fingerprint density at radius 3 is 2.89 bits per heavy atom. The lowest BCUT2D eigenvalue weighted by molar-refractivity contribution is 0.0690. The van der Waals surface area contributed by atoms with Crippen LogP contribution in [0.2, 0.25) is 0 Å². The number of carboxylic acids is 1. The number of carbonyl (C=O) groups is 1. The minimum Gasteiger partial charge on any atom is -0.476 e. The van der Waals surface area contributed by atoms with E-state index >= 15 is 0 Å². The summed E-state index contributed by atoms with van der Waals surface area (Å²) in [5, 5.41) is 20.8. The lowest BCUT2D eigenvalue weighted by Crippen LogP contribution is -2.18. The lowest BCUT2D eigenvalue weighted by atomic mass is 10.1. The molecule has 0 aliphatic heterocycles. The SMILES string of the molecule is C=CCC(C)Nc1c(C(=O)O)nnc2ccccc12. The molecule has 0 amide bonds. The first kappa shape index (κ1) is 13.0. The Morgan fingerprint density at radius 1 is 1.47 bits per heavy atom. The lowest BCUT2D eigenvalue weighted by Gasteiger charge is -2.16. The number of nitrogens with zero attached hydrogens (tertiary/aromatic N) is 2. The van der Waals surface area contributed by atoms with Gasteiger partial charge in [0.05, 0.1) is 11.2 Å². The quantitative estimate of drug-likeness (QED) is 0.805. The maximum Gasteiger partial charge on any atom is 0.358 e. The fraction of sp³-hybridized carbons (Fsp3) is 0.214. The third-order valence-corrected chi connectivity index (χ3v) is 2.78. The van der Waals surface area contributed by atoms with E-state index in [1.54, 1.807) is 12.1 Å². The fourth-order valence-electron chi connectivity index (χ4n) is 1.90. The Kier molecular flexibility index (Phi) is 3.75. The first-order chi connectivity index (χ1) is 9.13. The summed E-state index contributed by atoms with van der Waals surface area (Å²) in [6.07, 6.45) is 2.52. The van der Waals surface area contributed by atoms with Gasteiger partial charge in [-0.05, 0) is 19.4 Å². The van der Waals surface area contributed by atoms with Gasteiger partial charge in [0.25, 0.3) is 0 Å². The summed E-state index contributed by atoms with van der Waals surface area (Å²) in [5.74, 6) is -1.09. The van der Waals surface area contributed by atoms with Gasteiger partial charge in [0.1, 0.15) is 0 Å². The molecule has 0 spiro atoms. The summed E-state index contributed by atoms with van der Waals surface area (Å²) in [7, 11) is 0. The molecule has 2 rings (SSSR count). The van der Waals surface area contributed by atoms with Crippen LogP contribution in [-0.4, -0.2) is 27.3 Å². The number of hydrogen-bond donors (Lipinski definition) is 2. The molecule has 0 saturated heterocycles. The first-order valence-electron chi connectivity index (χ1n) is 5.99. The van der Waals surface area contributed by atoms with Gasteiger partial charge < -0.3 is 10.4 Å². The van der Waals surface area contributed by atoms with Crippen LogP contribution >= 0.6 is 0 Å². The molecule has 5 nitrogen and oxygen atoms in total. The molecule has 5 heteroatoms. The van der Waals surface area contributed by atoms with Gasteiger partial charge >= 0.3 is 5.97 Å². The average molecular weight is 257 g/mol. The van der Waals surface area contributed by atoms with Crippen molar-refractivity contribution >= 4 is 22.6 Å². The van der Waals surface area contributed by atoms with Crippen molar-refractivity contribution in [3.8, 4) is 0 Å². The number of nitrogens with one attached hydrogen (secondary N) is 1. The van der Waals surface area contributed by atoms with Crippen LogP contribution in [0.4, 0.5) is 5.69 Å². The smallest absolute Gasteiger partial charge is 0.358 e. The van der Waals surface area contributed by atoms with Crippen molar-refractivity contribution in [2.24, 2.45) is 0 Å². The summed E-state index contributed by atoms with van der Waals surface area (Å²) in [6, 6.07) is 7.40. The average Bonchev–Trinajstić information content (AvgIpc) is 2.39. The number of hydrogen-bond acceptors (Lipinski definition) is 4. The van der Waals surface area contributed by atoms with E-state index in [0.29, 0.717) is 11.2 Å². The summed E-state index contributed by atoms with van der Waals surface area (Å²) in [6.45, 7) is 5.64. The standard InChI is InChI=1S/C14H15N3O2/c1-3-6-9(2)15-12-10-7-4-5-8-11(10)16-17-13(12)14(18)19/h3-5,7-9H,1,6H2,2H3,(H,15,16)(H,18,19). The van der Waals surface area contributed by atoms with E-state index < -0.39 is 5.97 Å². The second-order valence-electron chi connectivity index (χ2n) is 4.32. The van der Waals surface area contributed by atoms with Gasteiger partial charge in [0.2, 0.25) is 0 Å². The number of benzene rings is 1. The third kappa shape index (κ3) is 2.70. The van der Waals surface area contributed by atoms with Crippen LogP contribution in [0.25, 0.3) is 10.9 Å². The topological polar surface area (TPSA) is 75.1 Å². The minimum atomic E-state index is -1.09. The number of fused-ring (bicyclic) bond motifs is 1. The van der Waals surface area contributed by atoms with Crippen LogP contribution in [0.1, 0.15) is 23.8 Å². The van der Waals surface area contributed by atoms with Gasteiger partial charge in [0.15, 0.2) is 5.69 Å². The van der Waals surface area contributed by atoms with E-state index in [1.165, 1.54) is 0 Å². The molecular formula is C14H15N3O2. The van der Waals surface area contributed by atoms with Crippen molar-refractivity contribution in [3.63, 3.8) is 0 Å². The van der Waals surface area contributed by atoms with Crippen molar-refractivity contribution in [3.05, 3.63) is 42.6 Å². The predicted molar refractivity (Wildman–Crippen MR) is 74.4 cm³/mol. The van der Waals surface area contributed by atoms with E-state index in [9.17, 15) is 9.90 Å². The third-order valence-electron chi connectivity index (χ3n) is 2.78. The Morgan fingerprint density at radius 2 is 2.21 bits per heavy atom. The molecule has 1 unspecified atom stereocenters. The Labute approximate surface area is 111 Å². The van der Waals surface area contributed by atoms with Gasteiger partial charge in [-0.2, -0.15) is 0 Å². The molecule has 2 aromatic rings. The highest BCUT2D eigenvalue weighted by Gasteiger charge is 2.17. The van der Waals surface area contributed by atoms with Gasteiger partial charge in [0, 0.05) is 11.4 Å². The number of carboxylic acid groups (broad SMARTS) is 1. The normalized spacial score (nSPS) is 12.1. The van der Waals surface area contributed by atoms with Gasteiger partial charge in [-0.1, -0.05) is 24.3 Å². The molecule has 0 bridgehead atoms. The second kappa shape index (κ2) is 5.48. The number of anilines is 1. The highest BCUT2D eigenvalue weighted by atomic mass is 16.4. The molecule has 0 aliphatic carbocycles. The fourth-order valence-corrected chi connectivity index (χ4v) is 1.90. The van der Waals surface area contributed by atoms with Crippen molar-refractivity contribution in [2.45, 2.75) is 19.4 Å². The predicted octanol–water partition coefficient (Wildman–Crippen LogP) is 2.70. The van der Waals surface area contributed by atoms with Crippen molar-refractivity contribution in [1.82, 2.24) is 10.2 Å². The van der Waals surface area contributed by atoms with E-state index in [-0.39, 0.29) is 11.7 Å². The second-order valence-corrected chi connectivity index (χ2v) is 4.32. The van der Waals surface area contributed by atoms with Crippen LogP contribution < -0.4 is 5.32 Å². The highest BCUT2D eigenvalue weighted by molar-refractivity contribution is 6.02. The van der Waals surface area contributed by atoms with Gasteiger partial charge in [-0.25, -0.2) is 4.79 Å². The Balaban J connectivity index is 2.55. The zero-order valence-corrected chi connectivity index (χ0v) is 10.6. The summed E-state index contributed by atoms with van der Waals surface area (Å²) in [5.41, 5.74) is 1.11. The molecule has 98 valence electrons. The molecular weight excluding hydrogens is 242 g/mol. The highest BCUT2D eigenvalue weighted by Crippen LogP contribution is 2.25. The Hall–Kier alpha value is -2.43. The number of aromatic carboxylic acids is 1. The van der Waals surface area contributed by atoms with Crippen molar-refractivity contribution < 1.29 is 9.90 Å². The molecule has 0 aliphatic rings. The van der Waals surface area contributed by atoms with Crippen LogP contribution in [0, 0.1) is 0 Å². The largest absolute Gasteiger partial charge is 0.476 e. The molecule has 2 N–H and O–H groups in total. The zero-order chi connectivity index (χ0) is 13.8. The Bertz CT molecular complexity index is 625. The van der Waals surface area contributed by atoms with E-state index in [0.717, 1.165) is 11.8 Å². The minimum absolute atomic E-state index is 0.0605. The van der Waals surface area contributed by atoms with E-state index in [1.807, 2.05) is 25.1 Å². The summed E-state index contributed by atoms with van der Waals surface area (Å²) >= 11 is 0. The van der Waals surface area contributed by atoms with Crippen LogP contribution in [-0.2, 0) is 0 Å².